The lowest BCUT2D eigenvalue weighted by Crippen LogP contribution is -3.10. The zero-order valence-corrected chi connectivity index (χ0v) is 14.8. The number of quaternary nitrogens is 1. The molecule has 3 rings (SSSR count). The summed E-state index contributed by atoms with van der Waals surface area (Å²) in [4.78, 5) is 14.9. The molecule has 0 fully saturated rings. The normalized spacial score (nSPS) is 11.9. The molecule has 0 bridgehead atoms. The van der Waals surface area contributed by atoms with Crippen LogP contribution in [0.5, 0.6) is 5.75 Å². The van der Waals surface area contributed by atoms with Crippen molar-refractivity contribution in [2.45, 2.75) is 13.1 Å². The number of methoxy groups -OCH3 is 1. The fraction of sp³-hybridized carbons (Fsp3) is 0.211. The van der Waals surface area contributed by atoms with Gasteiger partial charge in [0.1, 0.15) is 18.8 Å². The maximum absolute atomic E-state index is 12.5. The molecule has 2 aromatic heterocycles. The highest BCUT2D eigenvalue weighted by atomic mass is 32.1. The van der Waals surface area contributed by atoms with Gasteiger partial charge in [0.05, 0.1) is 23.9 Å². The summed E-state index contributed by atoms with van der Waals surface area (Å²) in [6, 6.07) is 15.3. The SMILES string of the molecule is COc1ccccc1NC(=O)C[NH+](Cc1ccco1)Cc1cccs1. The van der Waals surface area contributed by atoms with Crippen molar-refractivity contribution in [1.82, 2.24) is 0 Å². The van der Waals surface area contributed by atoms with E-state index in [1.54, 1.807) is 24.7 Å². The van der Waals surface area contributed by atoms with Gasteiger partial charge in [-0.25, -0.2) is 0 Å². The smallest absolute Gasteiger partial charge is 0.279 e. The van der Waals surface area contributed by atoms with Crippen LogP contribution >= 0.6 is 11.3 Å². The number of furan rings is 1. The predicted octanol–water partition coefficient (Wildman–Crippen LogP) is 2.57. The summed E-state index contributed by atoms with van der Waals surface area (Å²) >= 11 is 1.70. The van der Waals surface area contributed by atoms with Gasteiger partial charge in [0, 0.05) is 0 Å². The van der Waals surface area contributed by atoms with Gasteiger partial charge < -0.3 is 19.4 Å². The molecule has 2 heterocycles. The number of thiophene rings is 1. The highest BCUT2D eigenvalue weighted by Gasteiger charge is 2.18. The molecule has 0 spiro atoms. The van der Waals surface area contributed by atoms with Crippen LogP contribution in [0, 0.1) is 0 Å². The topological polar surface area (TPSA) is 55.9 Å². The lowest BCUT2D eigenvalue weighted by molar-refractivity contribution is -0.920. The lowest BCUT2D eigenvalue weighted by atomic mass is 10.3. The molecule has 25 heavy (non-hydrogen) atoms. The largest absolute Gasteiger partial charge is 0.495 e. The average molecular weight is 357 g/mol. The molecular formula is C19H21N2O3S+. The van der Waals surface area contributed by atoms with Gasteiger partial charge in [-0.1, -0.05) is 18.2 Å². The van der Waals surface area contributed by atoms with E-state index in [1.165, 1.54) is 4.88 Å². The summed E-state index contributed by atoms with van der Waals surface area (Å²) in [5.41, 5.74) is 0.684. The van der Waals surface area contributed by atoms with Crippen LogP contribution in [0.1, 0.15) is 10.6 Å². The van der Waals surface area contributed by atoms with Crippen molar-refractivity contribution in [3.8, 4) is 5.75 Å². The van der Waals surface area contributed by atoms with Gasteiger partial charge in [-0.15, -0.1) is 11.3 Å². The number of nitrogens with one attached hydrogen (secondary N) is 2. The van der Waals surface area contributed by atoms with Gasteiger partial charge in [0.25, 0.3) is 5.91 Å². The number of amides is 1. The fourth-order valence-electron chi connectivity index (χ4n) is 2.68. The highest BCUT2D eigenvalue weighted by Crippen LogP contribution is 2.22. The van der Waals surface area contributed by atoms with Gasteiger partial charge in [0.2, 0.25) is 0 Å². The summed E-state index contributed by atoms with van der Waals surface area (Å²) in [5, 5.41) is 4.99. The summed E-state index contributed by atoms with van der Waals surface area (Å²) in [6.07, 6.45) is 1.66. The number of carbonyl (C=O) groups excluding carboxylic acids is 1. The Labute approximate surface area is 150 Å². The monoisotopic (exact) mass is 357 g/mol. The van der Waals surface area contributed by atoms with Crippen LogP contribution < -0.4 is 15.0 Å². The van der Waals surface area contributed by atoms with Crippen molar-refractivity contribution in [1.29, 1.82) is 0 Å². The number of anilines is 1. The predicted molar refractivity (Wildman–Crippen MR) is 97.9 cm³/mol. The molecule has 1 amide bonds. The van der Waals surface area contributed by atoms with Gasteiger partial charge in [0.15, 0.2) is 12.3 Å². The first-order valence-corrected chi connectivity index (χ1v) is 8.94. The van der Waals surface area contributed by atoms with Crippen LogP contribution in [0.3, 0.4) is 0 Å². The summed E-state index contributed by atoms with van der Waals surface area (Å²) in [5.74, 6) is 1.47. The number of hydrogen-bond donors (Lipinski definition) is 2. The van der Waals surface area contributed by atoms with E-state index in [1.807, 2.05) is 42.5 Å². The van der Waals surface area contributed by atoms with E-state index < -0.39 is 0 Å². The molecule has 1 unspecified atom stereocenters. The fourth-order valence-corrected chi connectivity index (χ4v) is 3.45. The van der Waals surface area contributed by atoms with Crippen LogP contribution in [0.15, 0.2) is 64.6 Å². The number of para-hydroxylation sites is 2. The molecule has 3 aromatic rings. The second-order valence-corrected chi connectivity index (χ2v) is 6.72. The average Bonchev–Trinajstić information content (AvgIpc) is 3.29. The van der Waals surface area contributed by atoms with E-state index in [0.717, 1.165) is 17.2 Å². The zero-order chi connectivity index (χ0) is 17.5. The number of rotatable bonds is 8. The molecule has 130 valence electrons. The molecule has 0 saturated heterocycles. The minimum atomic E-state index is -0.0531. The van der Waals surface area contributed by atoms with Crippen molar-refractivity contribution in [3.63, 3.8) is 0 Å². The highest BCUT2D eigenvalue weighted by molar-refractivity contribution is 7.09. The van der Waals surface area contributed by atoms with E-state index in [0.29, 0.717) is 24.5 Å². The van der Waals surface area contributed by atoms with Crippen LogP contribution in [0.25, 0.3) is 0 Å². The Morgan fingerprint density at radius 2 is 2.04 bits per heavy atom. The Kier molecular flexibility index (Phi) is 5.87. The lowest BCUT2D eigenvalue weighted by Gasteiger charge is -2.18. The number of hydrogen-bond acceptors (Lipinski definition) is 4. The van der Waals surface area contributed by atoms with E-state index >= 15 is 0 Å². The van der Waals surface area contributed by atoms with Gasteiger partial charge in [-0.3, -0.25) is 4.79 Å². The summed E-state index contributed by atoms with van der Waals surface area (Å²) in [6.45, 7) is 1.78. The minimum Gasteiger partial charge on any atom is -0.495 e. The summed E-state index contributed by atoms with van der Waals surface area (Å²) < 4.78 is 10.7. The van der Waals surface area contributed by atoms with Crippen LogP contribution in [-0.2, 0) is 17.9 Å². The second-order valence-electron chi connectivity index (χ2n) is 5.69. The van der Waals surface area contributed by atoms with Crippen LogP contribution in [0.2, 0.25) is 0 Å². The van der Waals surface area contributed by atoms with Crippen molar-refractivity contribution in [3.05, 3.63) is 70.8 Å². The Morgan fingerprint density at radius 3 is 2.76 bits per heavy atom. The Bertz CT molecular complexity index is 749. The molecule has 1 aromatic carbocycles. The van der Waals surface area contributed by atoms with Crippen LogP contribution in [-0.4, -0.2) is 19.6 Å². The zero-order valence-electron chi connectivity index (χ0n) is 14.0. The van der Waals surface area contributed by atoms with Crippen molar-refractivity contribution in [2.75, 3.05) is 19.0 Å². The quantitative estimate of drug-likeness (QED) is 0.651. The maximum Gasteiger partial charge on any atom is 0.279 e. The van der Waals surface area contributed by atoms with Crippen molar-refractivity contribution in [2.24, 2.45) is 0 Å². The van der Waals surface area contributed by atoms with Gasteiger partial charge in [-0.2, -0.15) is 0 Å². The number of ether oxygens (including phenoxy) is 1. The van der Waals surface area contributed by atoms with Crippen LogP contribution in [0.4, 0.5) is 5.69 Å². The van der Waals surface area contributed by atoms with E-state index in [4.69, 9.17) is 9.15 Å². The minimum absolute atomic E-state index is 0.0531. The molecule has 2 N–H and O–H groups in total. The molecule has 1 atom stereocenters. The first kappa shape index (κ1) is 17.3. The Hall–Kier alpha value is -2.57. The third kappa shape index (κ3) is 4.95. The molecule has 6 heteroatoms. The van der Waals surface area contributed by atoms with Gasteiger partial charge in [-0.05, 0) is 35.7 Å². The molecule has 0 aliphatic carbocycles. The molecule has 0 saturated carbocycles. The number of carbonyl (C=O) groups is 1. The second kappa shape index (κ2) is 8.50. The maximum atomic E-state index is 12.5. The third-order valence-electron chi connectivity index (χ3n) is 3.80. The first-order valence-electron chi connectivity index (χ1n) is 8.06. The summed E-state index contributed by atoms with van der Waals surface area (Å²) in [7, 11) is 1.59. The van der Waals surface area contributed by atoms with Crippen molar-refractivity contribution < 1.29 is 18.8 Å². The standard InChI is InChI=1S/C19H20N2O3S/c1-23-18-9-3-2-8-17(18)20-19(22)14-21(12-15-6-4-10-24-15)13-16-7-5-11-25-16/h2-11H,12-14H2,1H3,(H,20,22)/p+1. The molecule has 0 aliphatic heterocycles. The molecular weight excluding hydrogens is 336 g/mol. The molecule has 0 radical (unpaired) electrons. The molecule has 0 aliphatic rings. The first-order chi connectivity index (χ1) is 12.2. The van der Waals surface area contributed by atoms with E-state index in [2.05, 4.69) is 16.8 Å². The van der Waals surface area contributed by atoms with Crippen molar-refractivity contribution >= 4 is 22.9 Å². The van der Waals surface area contributed by atoms with E-state index in [-0.39, 0.29) is 5.91 Å². The van der Waals surface area contributed by atoms with Gasteiger partial charge >= 0.3 is 0 Å². The Morgan fingerprint density at radius 1 is 1.16 bits per heavy atom. The number of benzene rings is 1. The third-order valence-corrected chi connectivity index (χ3v) is 4.68. The molecule has 5 nitrogen and oxygen atoms in total. The van der Waals surface area contributed by atoms with E-state index in [9.17, 15) is 4.79 Å². The Balaban J connectivity index is 1.67.